The van der Waals surface area contributed by atoms with E-state index in [1.54, 1.807) is 0 Å². The minimum Gasteiger partial charge on any atom is -1.00 e. The molecule has 0 atom stereocenters. The summed E-state index contributed by atoms with van der Waals surface area (Å²) in [5.74, 6) is 0. The van der Waals surface area contributed by atoms with E-state index in [1.807, 2.05) is 18.2 Å². The standard InChI is InChI=1S/C19H16S.Be.2H/c20-19(16-10-4-1-5-11-16,17-12-6-2-7-13-17)18-14-8-3-9-15-18;;;/h1-15,20H;;;/q;+2;2*-1. The van der Waals surface area contributed by atoms with Crippen molar-refractivity contribution in [3.05, 3.63) is 108 Å². The Labute approximate surface area is 138 Å². The monoisotopic (exact) mass is 287 g/mol. The summed E-state index contributed by atoms with van der Waals surface area (Å²) >= 11 is 5.09. The van der Waals surface area contributed by atoms with Crippen molar-refractivity contribution in [3.8, 4) is 0 Å². The molecule has 0 aliphatic rings. The summed E-state index contributed by atoms with van der Waals surface area (Å²) in [7, 11) is 0. The molecule has 0 fully saturated rings. The first kappa shape index (κ1) is 15.6. The molecule has 0 unspecified atom stereocenters. The third-order valence-corrected chi connectivity index (χ3v) is 4.35. The Kier molecular flexibility index (Phi) is 5.01. The summed E-state index contributed by atoms with van der Waals surface area (Å²) < 4.78 is -0.427. The first-order valence-electron chi connectivity index (χ1n) is 6.71. The molecule has 0 aliphatic heterocycles. The van der Waals surface area contributed by atoms with Crippen LogP contribution in [0.5, 0.6) is 0 Å². The van der Waals surface area contributed by atoms with Crippen LogP contribution in [0.4, 0.5) is 0 Å². The molecule has 0 aromatic heterocycles. The molecule has 21 heavy (non-hydrogen) atoms. The predicted molar refractivity (Wildman–Crippen MR) is 96.2 cm³/mol. The molecule has 0 saturated heterocycles. The second-order valence-electron chi connectivity index (χ2n) is 4.81. The molecule has 0 bridgehead atoms. The molecular weight excluding hydrogens is 269 g/mol. The summed E-state index contributed by atoms with van der Waals surface area (Å²) in [5, 5.41) is 0. The Hall–Kier alpha value is -1.82. The van der Waals surface area contributed by atoms with E-state index in [9.17, 15) is 0 Å². The maximum atomic E-state index is 5.09. The van der Waals surface area contributed by atoms with Crippen molar-refractivity contribution in [1.29, 1.82) is 0 Å². The van der Waals surface area contributed by atoms with E-state index in [0.29, 0.717) is 0 Å². The van der Waals surface area contributed by atoms with Crippen LogP contribution < -0.4 is 0 Å². The molecule has 0 N–H and O–H groups in total. The van der Waals surface area contributed by atoms with Gasteiger partial charge in [0.1, 0.15) is 0 Å². The zero-order chi connectivity index (χ0) is 13.8. The molecule has 0 spiro atoms. The smallest absolute Gasteiger partial charge is 1.00 e. The molecule has 3 aromatic carbocycles. The van der Waals surface area contributed by atoms with E-state index in [4.69, 9.17) is 12.6 Å². The molecule has 0 saturated carbocycles. The van der Waals surface area contributed by atoms with Crippen LogP contribution >= 0.6 is 12.6 Å². The minimum absolute atomic E-state index is 0. The fourth-order valence-corrected chi connectivity index (χ4v) is 2.99. The summed E-state index contributed by atoms with van der Waals surface area (Å²) in [4.78, 5) is 0. The van der Waals surface area contributed by atoms with Gasteiger partial charge in [-0.25, -0.2) is 0 Å². The van der Waals surface area contributed by atoms with E-state index in [-0.39, 0.29) is 13.0 Å². The molecule has 0 aliphatic carbocycles. The van der Waals surface area contributed by atoms with Crippen LogP contribution in [0.25, 0.3) is 0 Å². The van der Waals surface area contributed by atoms with E-state index >= 15 is 0 Å². The predicted octanol–water partition coefficient (Wildman–Crippen LogP) is 4.75. The van der Waals surface area contributed by atoms with Gasteiger partial charge in [0.15, 0.2) is 0 Å². The summed E-state index contributed by atoms with van der Waals surface area (Å²) in [5.41, 5.74) is 3.54. The topological polar surface area (TPSA) is 0 Å². The average Bonchev–Trinajstić information content (AvgIpc) is 2.56. The normalized spacial score (nSPS) is 10.7. The molecule has 0 radical (unpaired) electrons. The zero-order valence-electron chi connectivity index (χ0n) is 13.8. The Bertz CT molecular complexity index is 579. The molecular formula is C19H18BeS. The van der Waals surface area contributed by atoms with E-state index < -0.39 is 4.75 Å². The van der Waals surface area contributed by atoms with Crippen molar-refractivity contribution >= 4 is 22.7 Å². The minimum atomic E-state index is -0.427. The first-order chi connectivity index (χ1) is 9.82. The van der Waals surface area contributed by atoms with Gasteiger partial charge in [-0.05, 0) is 16.7 Å². The second kappa shape index (κ2) is 6.76. The number of thiol groups is 1. The van der Waals surface area contributed by atoms with Crippen LogP contribution in [0.2, 0.25) is 0 Å². The molecule has 3 rings (SSSR count). The fourth-order valence-electron chi connectivity index (χ4n) is 2.54. The first-order valence-corrected chi connectivity index (χ1v) is 7.15. The summed E-state index contributed by atoms with van der Waals surface area (Å²) in [6.45, 7) is 0. The van der Waals surface area contributed by atoms with Crippen LogP contribution in [-0.2, 0) is 4.75 Å². The molecule has 2 heteroatoms. The number of rotatable bonds is 3. The van der Waals surface area contributed by atoms with Crippen LogP contribution in [0, 0.1) is 0 Å². The van der Waals surface area contributed by atoms with Crippen LogP contribution in [-0.4, -0.2) is 10.1 Å². The van der Waals surface area contributed by atoms with E-state index in [2.05, 4.69) is 72.8 Å². The van der Waals surface area contributed by atoms with Gasteiger partial charge in [-0.3, -0.25) is 0 Å². The van der Waals surface area contributed by atoms with Crippen LogP contribution in [0.1, 0.15) is 19.5 Å². The van der Waals surface area contributed by atoms with Gasteiger partial charge in [-0.1, -0.05) is 91.0 Å². The van der Waals surface area contributed by atoms with Gasteiger partial charge in [0.05, 0.1) is 4.75 Å². The SMILES string of the molecule is SC(c1ccccc1)(c1ccccc1)c1ccccc1.[Be+2].[H-].[H-]. The van der Waals surface area contributed by atoms with Gasteiger partial charge in [0, 0.05) is 0 Å². The van der Waals surface area contributed by atoms with Crippen molar-refractivity contribution in [3.63, 3.8) is 0 Å². The van der Waals surface area contributed by atoms with Crippen molar-refractivity contribution in [2.24, 2.45) is 0 Å². The number of hydrogen-bond acceptors (Lipinski definition) is 1. The molecule has 0 amide bonds. The second-order valence-corrected chi connectivity index (χ2v) is 5.48. The van der Waals surface area contributed by atoms with Gasteiger partial charge < -0.3 is 2.85 Å². The van der Waals surface area contributed by atoms with Crippen molar-refractivity contribution < 1.29 is 2.85 Å². The quantitative estimate of drug-likeness (QED) is 0.401. The Morgan fingerprint density at radius 1 is 0.524 bits per heavy atom. The van der Waals surface area contributed by atoms with Crippen molar-refractivity contribution in [2.75, 3.05) is 0 Å². The Morgan fingerprint density at radius 2 is 0.762 bits per heavy atom. The zero-order valence-corrected chi connectivity index (χ0v) is 12.7. The number of hydrogen-bond donors (Lipinski definition) is 1. The molecule has 0 nitrogen and oxygen atoms in total. The maximum absolute atomic E-state index is 5.09. The summed E-state index contributed by atoms with van der Waals surface area (Å²) in [6, 6.07) is 31.3. The van der Waals surface area contributed by atoms with Crippen molar-refractivity contribution in [2.45, 2.75) is 4.75 Å². The van der Waals surface area contributed by atoms with E-state index in [0.717, 1.165) is 0 Å². The largest absolute Gasteiger partial charge is 2.00 e. The maximum Gasteiger partial charge on any atom is 2.00 e. The third-order valence-electron chi connectivity index (χ3n) is 3.57. The van der Waals surface area contributed by atoms with E-state index in [1.165, 1.54) is 16.7 Å². The molecule has 0 heterocycles. The van der Waals surface area contributed by atoms with Gasteiger partial charge in [0.2, 0.25) is 0 Å². The fraction of sp³-hybridized carbons (Fsp3) is 0.0526. The van der Waals surface area contributed by atoms with Gasteiger partial charge in [-0.15, -0.1) is 0 Å². The van der Waals surface area contributed by atoms with Crippen LogP contribution in [0.15, 0.2) is 91.0 Å². The summed E-state index contributed by atoms with van der Waals surface area (Å²) in [6.07, 6.45) is 0. The van der Waals surface area contributed by atoms with Gasteiger partial charge >= 0.3 is 10.1 Å². The Balaban J connectivity index is 0.00000161. The van der Waals surface area contributed by atoms with Crippen LogP contribution in [0.3, 0.4) is 0 Å². The van der Waals surface area contributed by atoms with Gasteiger partial charge in [-0.2, -0.15) is 12.6 Å². The Morgan fingerprint density at radius 3 is 1.00 bits per heavy atom. The number of benzene rings is 3. The van der Waals surface area contributed by atoms with Crippen molar-refractivity contribution in [1.82, 2.24) is 0 Å². The molecule has 102 valence electrons. The molecule has 3 aromatic rings. The third kappa shape index (κ3) is 2.95. The van der Waals surface area contributed by atoms with Gasteiger partial charge in [0.25, 0.3) is 0 Å². The average molecular weight is 287 g/mol.